The summed E-state index contributed by atoms with van der Waals surface area (Å²) in [6.07, 6.45) is -3.73. The zero-order valence-electron chi connectivity index (χ0n) is 6.75. The molecule has 0 radical (unpaired) electrons. The molecule has 0 aromatic rings. The van der Waals surface area contributed by atoms with Gasteiger partial charge in [-0.2, -0.15) is 0 Å². The highest BCUT2D eigenvalue weighted by molar-refractivity contribution is 5.86. The van der Waals surface area contributed by atoms with Crippen molar-refractivity contribution in [2.24, 2.45) is 5.92 Å². The minimum Gasteiger partial charge on any atom is -0.394 e. The van der Waals surface area contributed by atoms with Crippen LogP contribution in [0.25, 0.3) is 0 Å². The number of aliphatic hydroxyl groups excluding tert-OH is 3. The van der Waals surface area contributed by atoms with Crippen molar-refractivity contribution in [2.45, 2.75) is 24.5 Å². The van der Waals surface area contributed by atoms with Gasteiger partial charge in [0.1, 0.15) is 24.4 Å². The highest BCUT2D eigenvalue weighted by atomic mass is 16.5. The van der Waals surface area contributed by atoms with Crippen LogP contribution in [0, 0.1) is 5.92 Å². The van der Waals surface area contributed by atoms with E-state index in [-0.39, 0.29) is 12.5 Å². The quantitative estimate of drug-likeness (QED) is 0.333. The molecule has 2 fully saturated rings. The summed E-state index contributed by atoms with van der Waals surface area (Å²) in [5.74, 6) is -1.02. The van der Waals surface area contributed by atoms with Crippen LogP contribution < -0.4 is 5.32 Å². The van der Waals surface area contributed by atoms with Gasteiger partial charge >= 0.3 is 0 Å². The number of rotatable bonds is 1. The van der Waals surface area contributed by atoms with E-state index < -0.39 is 30.5 Å². The van der Waals surface area contributed by atoms with Crippen molar-refractivity contribution in [3.63, 3.8) is 0 Å². The van der Waals surface area contributed by atoms with Crippen LogP contribution in [0.4, 0.5) is 0 Å². The third kappa shape index (κ3) is 1.14. The zero-order chi connectivity index (χ0) is 9.59. The molecule has 1 amide bonds. The molecule has 0 aliphatic carbocycles. The van der Waals surface area contributed by atoms with Gasteiger partial charge in [-0.3, -0.25) is 4.79 Å². The van der Waals surface area contributed by atoms with E-state index in [1.807, 2.05) is 0 Å². The SMILES string of the molecule is O=C1N[C@@H]2O[C@H](CO)[C@@H](O)[C@@H](O)[C@H]12. The monoisotopic (exact) mass is 189 g/mol. The maximum Gasteiger partial charge on any atom is 0.232 e. The van der Waals surface area contributed by atoms with Crippen LogP contribution in [-0.2, 0) is 9.53 Å². The van der Waals surface area contributed by atoms with Gasteiger partial charge in [-0.15, -0.1) is 0 Å². The molecule has 2 saturated heterocycles. The van der Waals surface area contributed by atoms with Crippen LogP contribution in [0.5, 0.6) is 0 Å². The Balaban J connectivity index is 2.10. The smallest absolute Gasteiger partial charge is 0.232 e. The molecule has 2 aliphatic heterocycles. The standard InChI is InChI=1S/C7H11NO5/c9-1-2-4(10)5(11)3-6(12)8-7(3)13-2/h2-5,7,9-11H,1H2,(H,8,12)/t2-,3-,4-,5+,7-/m1/s1. The summed E-state index contributed by atoms with van der Waals surface area (Å²) in [6, 6.07) is 0. The van der Waals surface area contributed by atoms with Gasteiger partial charge < -0.3 is 25.4 Å². The van der Waals surface area contributed by atoms with Gasteiger partial charge in [-0.1, -0.05) is 0 Å². The molecule has 0 unspecified atom stereocenters. The molecular formula is C7H11NO5. The van der Waals surface area contributed by atoms with Crippen molar-refractivity contribution >= 4 is 5.91 Å². The largest absolute Gasteiger partial charge is 0.394 e. The Morgan fingerprint density at radius 3 is 2.62 bits per heavy atom. The number of nitrogens with one attached hydrogen (secondary N) is 1. The predicted molar refractivity (Wildman–Crippen MR) is 39.4 cm³/mol. The Morgan fingerprint density at radius 1 is 1.38 bits per heavy atom. The second-order valence-electron chi connectivity index (χ2n) is 3.29. The van der Waals surface area contributed by atoms with Gasteiger partial charge in [0.15, 0.2) is 0 Å². The number of carbonyl (C=O) groups excluding carboxylic acids is 1. The molecule has 0 aromatic heterocycles. The number of aliphatic hydroxyl groups is 3. The number of amides is 1. The summed E-state index contributed by atoms with van der Waals surface area (Å²) in [7, 11) is 0. The molecule has 74 valence electrons. The van der Waals surface area contributed by atoms with E-state index >= 15 is 0 Å². The molecule has 2 heterocycles. The lowest BCUT2D eigenvalue weighted by Crippen LogP contribution is -2.71. The molecule has 5 atom stereocenters. The molecule has 0 spiro atoms. The van der Waals surface area contributed by atoms with Crippen molar-refractivity contribution < 1.29 is 24.9 Å². The van der Waals surface area contributed by atoms with Crippen molar-refractivity contribution in [3.8, 4) is 0 Å². The van der Waals surface area contributed by atoms with E-state index in [0.717, 1.165) is 0 Å². The minimum atomic E-state index is -1.20. The molecule has 0 bridgehead atoms. The van der Waals surface area contributed by atoms with Gasteiger partial charge in [0.25, 0.3) is 0 Å². The topological polar surface area (TPSA) is 99.0 Å². The molecule has 2 rings (SSSR count). The van der Waals surface area contributed by atoms with Crippen molar-refractivity contribution in [1.82, 2.24) is 5.32 Å². The average molecular weight is 189 g/mol. The van der Waals surface area contributed by atoms with Crippen LogP contribution in [0.3, 0.4) is 0 Å². The van der Waals surface area contributed by atoms with Gasteiger partial charge in [0.2, 0.25) is 5.91 Å². The summed E-state index contributed by atoms with van der Waals surface area (Å²) in [5, 5.41) is 30.0. The number of fused-ring (bicyclic) bond motifs is 1. The first-order chi connectivity index (χ1) is 6.15. The Morgan fingerprint density at radius 2 is 2.08 bits per heavy atom. The van der Waals surface area contributed by atoms with Crippen LogP contribution in [0.2, 0.25) is 0 Å². The highest BCUT2D eigenvalue weighted by Gasteiger charge is 2.54. The molecule has 0 saturated carbocycles. The van der Waals surface area contributed by atoms with E-state index in [1.54, 1.807) is 0 Å². The van der Waals surface area contributed by atoms with E-state index in [9.17, 15) is 15.0 Å². The van der Waals surface area contributed by atoms with Gasteiger partial charge in [-0.05, 0) is 0 Å². The van der Waals surface area contributed by atoms with E-state index in [1.165, 1.54) is 0 Å². The van der Waals surface area contributed by atoms with Gasteiger partial charge in [0, 0.05) is 0 Å². The van der Waals surface area contributed by atoms with Gasteiger partial charge in [-0.25, -0.2) is 0 Å². The number of β-lactam (4-membered cyclic amide) rings is 1. The lowest BCUT2D eigenvalue weighted by atomic mass is 9.84. The van der Waals surface area contributed by atoms with E-state index in [0.29, 0.717) is 0 Å². The molecule has 13 heavy (non-hydrogen) atoms. The van der Waals surface area contributed by atoms with Crippen LogP contribution in [0.1, 0.15) is 0 Å². The lowest BCUT2D eigenvalue weighted by molar-refractivity contribution is -0.238. The molecule has 0 aromatic carbocycles. The number of ether oxygens (including phenoxy) is 1. The predicted octanol–water partition coefficient (Wildman–Crippen LogP) is -2.83. The Hall–Kier alpha value is -0.690. The summed E-state index contributed by atoms with van der Waals surface area (Å²) < 4.78 is 5.10. The first-order valence-electron chi connectivity index (χ1n) is 4.08. The molecule has 4 N–H and O–H groups in total. The Bertz CT molecular complexity index is 233. The van der Waals surface area contributed by atoms with Crippen molar-refractivity contribution in [1.29, 1.82) is 0 Å². The fourth-order valence-electron chi connectivity index (χ4n) is 1.67. The van der Waals surface area contributed by atoms with Crippen LogP contribution in [-0.4, -0.2) is 52.4 Å². The van der Waals surface area contributed by atoms with Crippen molar-refractivity contribution in [2.75, 3.05) is 6.61 Å². The first-order valence-corrected chi connectivity index (χ1v) is 4.08. The molecule has 2 aliphatic rings. The Kier molecular flexibility index (Phi) is 1.99. The Labute approximate surface area is 74.1 Å². The summed E-state index contributed by atoms with van der Waals surface area (Å²) in [5.41, 5.74) is 0. The number of hydrogen-bond donors (Lipinski definition) is 4. The fraction of sp³-hybridized carbons (Fsp3) is 0.857. The molecule has 6 heteroatoms. The second kappa shape index (κ2) is 2.91. The molecular weight excluding hydrogens is 178 g/mol. The van der Waals surface area contributed by atoms with Gasteiger partial charge in [0.05, 0.1) is 12.7 Å². The maximum absolute atomic E-state index is 10.9. The average Bonchev–Trinajstić information content (AvgIpc) is 2.09. The van der Waals surface area contributed by atoms with E-state index in [4.69, 9.17) is 9.84 Å². The normalized spacial score (nSPS) is 49.2. The van der Waals surface area contributed by atoms with E-state index in [2.05, 4.69) is 5.32 Å². The van der Waals surface area contributed by atoms with Crippen molar-refractivity contribution in [3.05, 3.63) is 0 Å². The molecule has 6 nitrogen and oxygen atoms in total. The third-order valence-corrected chi connectivity index (χ3v) is 2.51. The second-order valence-corrected chi connectivity index (χ2v) is 3.29. The maximum atomic E-state index is 10.9. The number of hydrogen-bond acceptors (Lipinski definition) is 5. The fourth-order valence-corrected chi connectivity index (χ4v) is 1.67. The zero-order valence-corrected chi connectivity index (χ0v) is 6.75. The highest BCUT2D eigenvalue weighted by Crippen LogP contribution is 2.30. The first kappa shape index (κ1) is 8.89. The van der Waals surface area contributed by atoms with Crippen LogP contribution >= 0.6 is 0 Å². The summed E-state index contributed by atoms with van der Waals surface area (Å²) >= 11 is 0. The minimum absolute atomic E-state index is 0.326. The summed E-state index contributed by atoms with van der Waals surface area (Å²) in [4.78, 5) is 10.9. The van der Waals surface area contributed by atoms with Crippen LogP contribution in [0.15, 0.2) is 0 Å². The summed E-state index contributed by atoms with van der Waals surface area (Å²) in [6.45, 7) is -0.378. The lowest BCUT2D eigenvalue weighted by Gasteiger charge is -2.47. The number of carbonyl (C=O) groups is 1. The third-order valence-electron chi connectivity index (χ3n) is 2.51.